The molecule has 2 rings (SSSR count). The first kappa shape index (κ1) is 14.3. The molecule has 1 aromatic carbocycles. The van der Waals surface area contributed by atoms with Crippen LogP contribution in [-0.2, 0) is 9.53 Å². The van der Waals surface area contributed by atoms with Crippen molar-refractivity contribution in [2.75, 3.05) is 19.8 Å². The summed E-state index contributed by atoms with van der Waals surface area (Å²) < 4.78 is 11.9. The van der Waals surface area contributed by atoms with E-state index in [0.29, 0.717) is 6.54 Å². The predicted octanol–water partition coefficient (Wildman–Crippen LogP) is 2.43. The van der Waals surface area contributed by atoms with Gasteiger partial charge in [0.25, 0.3) is 5.91 Å². The predicted molar refractivity (Wildman–Crippen MR) is 76.4 cm³/mol. The van der Waals surface area contributed by atoms with Crippen LogP contribution in [0, 0.1) is 6.92 Å². The molecule has 104 valence electrons. The largest absolute Gasteiger partial charge is 0.484 e. The van der Waals surface area contributed by atoms with Crippen LogP contribution in [0.25, 0.3) is 0 Å². The third kappa shape index (κ3) is 4.51. The van der Waals surface area contributed by atoms with Gasteiger partial charge in [0.1, 0.15) is 5.75 Å². The lowest BCUT2D eigenvalue weighted by Gasteiger charge is -2.12. The Bertz CT molecular complexity index is 444. The average Bonchev–Trinajstić information content (AvgIpc) is 2.88. The fourth-order valence-corrected chi connectivity index (χ4v) is 2.48. The number of hydrogen-bond donors (Lipinski definition) is 1. The maximum Gasteiger partial charge on any atom is 0.258 e. The van der Waals surface area contributed by atoms with Crippen molar-refractivity contribution in [2.24, 2.45) is 0 Å². The van der Waals surface area contributed by atoms with Gasteiger partial charge in [-0.15, -0.1) is 0 Å². The molecule has 0 aliphatic carbocycles. The standard InChI is InChI=1S/C14H18BrNO3/c1-10-7-11(15)4-5-13(10)19-9-14(17)16-8-12-3-2-6-18-12/h4-5,7,12H,2-3,6,8-9H2,1H3,(H,16,17)/t12-/m0/s1. The van der Waals surface area contributed by atoms with E-state index < -0.39 is 0 Å². The van der Waals surface area contributed by atoms with Crippen LogP contribution in [0.4, 0.5) is 0 Å². The minimum Gasteiger partial charge on any atom is -0.484 e. The zero-order chi connectivity index (χ0) is 13.7. The molecule has 1 aliphatic heterocycles. The Labute approximate surface area is 121 Å². The quantitative estimate of drug-likeness (QED) is 0.903. The van der Waals surface area contributed by atoms with Crippen molar-refractivity contribution < 1.29 is 14.3 Å². The number of halogens is 1. The van der Waals surface area contributed by atoms with E-state index in [9.17, 15) is 4.79 Å². The summed E-state index contributed by atoms with van der Waals surface area (Å²) in [5.41, 5.74) is 1.00. The van der Waals surface area contributed by atoms with Gasteiger partial charge in [-0.3, -0.25) is 4.79 Å². The molecule has 0 bridgehead atoms. The van der Waals surface area contributed by atoms with E-state index in [1.54, 1.807) is 0 Å². The molecule has 1 aliphatic rings. The summed E-state index contributed by atoms with van der Waals surface area (Å²) in [6.45, 7) is 3.36. The van der Waals surface area contributed by atoms with E-state index in [1.165, 1.54) is 0 Å². The zero-order valence-electron chi connectivity index (χ0n) is 10.9. The highest BCUT2D eigenvalue weighted by molar-refractivity contribution is 9.10. The summed E-state index contributed by atoms with van der Waals surface area (Å²) in [5, 5.41) is 2.83. The number of carbonyl (C=O) groups is 1. The lowest BCUT2D eigenvalue weighted by molar-refractivity contribution is -0.123. The van der Waals surface area contributed by atoms with E-state index in [2.05, 4.69) is 21.2 Å². The van der Waals surface area contributed by atoms with E-state index in [0.717, 1.165) is 35.2 Å². The van der Waals surface area contributed by atoms with Crippen molar-refractivity contribution in [3.8, 4) is 5.75 Å². The van der Waals surface area contributed by atoms with Crippen LogP contribution in [0.15, 0.2) is 22.7 Å². The topological polar surface area (TPSA) is 47.6 Å². The Kier molecular flexibility index (Phi) is 5.22. The van der Waals surface area contributed by atoms with Gasteiger partial charge in [0.05, 0.1) is 6.10 Å². The van der Waals surface area contributed by atoms with E-state index in [-0.39, 0.29) is 18.6 Å². The Morgan fingerprint density at radius 1 is 1.58 bits per heavy atom. The minimum atomic E-state index is -0.113. The van der Waals surface area contributed by atoms with Crippen molar-refractivity contribution in [2.45, 2.75) is 25.9 Å². The fraction of sp³-hybridized carbons (Fsp3) is 0.500. The highest BCUT2D eigenvalue weighted by atomic mass is 79.9. The molecule has 19 heavy (non-hydrogen) atoms. The molecular formula is C14H18BrNO3. The van der Waals surface area contributed by atoms with Crippen LogP contribution in [0.5, 0.6) is 5.75 Å². The number of hydrogen-bond acceptors (Lipinski definition) is 3. The molecule has 1 fully saturated rings. The first-order valence-corrected chi connectivity index (χ1v) is 7.21. The molecule has 1 aromatic rings. The van der Waals surface area contributed by atoms with Gasteiger partial charge in [0.2, 0.25) is 0 Å². The number of ether oxygens (including phenoxy) is 2. The zero-order valence-corrected chi connectivity index (χ0v) is 12.5. The molecule has 0 aromatic heterocycles. The number of carbonyl (C=O) groups excluding carboxylic acids is 1. The van der Waals surface area contributed by atoms with Crippen LogP contribution in [-0.4, -0.2) is 31.8 Å². The molecule has 1 amide bonds. The van der Waals surface area contributed by atoms with E-state index >= 15 is 0 Å². The Hall–Kier alpha value is -1.07. The van der Waals surface area contributed by atoms with Crippen molar-refractivity contribution in [3.63, 3.8) is 0 Å². The molecule has 1 N–H and O–H groups in total. The van der Waals surface area contributed by atoms with E-state index in [1.807, 2.05) is 25.1 Å². The van der Waals surface area contributed by atoms with Gasteiger partial charge < -0.3 is 14.8 Å². The van der Waals surface area contributed by atoms with Gasteiger partial charge in [0, 0.05) is 17.6 Å². The van der Waals surface area contributed by atoms with Crippen molar-refractivity contribution in [1.82, 2.24) is 5.32 Å². The Balaban J connectivity index is 1.73. The van der Waals surface area contributed by atoms with Gasteiger partial charge in [0.15, 0.2) is 6.61 Å². The lowest BCUT2D eigenvalue weighted by Crippen LogP contribution is -2.35. The van der Waals surface area contributed by atoms with Crippen molar-refractivity contribution >= 4 is 21.8 Å². The highest BCUT2D eigenvalue weighted by Crippen LogP contribution is 2.21. The summed E-state index contributed by atoms with van der Waals surface area (Å²) in [4.78, 5) is 11.7. The number of nitrogens with one attached hydrogen (secondary N) is 1. The van der Waals surface area contributed by atoms with Crippen LogP contribution < -0.4 is 10.1 Å². The number of amides is 1. The Morgan fingerprint density at radius 2 is 2.42 bits per heavy atom. The summed E-state index contributed by atoms with van der Waals surface area (Å²) in [7, 11) is 0. The summed E-state index contributed by atoms with van der Waals surface area (Å²) >= 11 is 3.39. The average molecular weight is 328 g/mol. The molecule has 1 saturated heterocycles. The third-order valence-corrected chi connectivity index (χ3v) is 3.54. The van der Waals surface area contributed by atoms with Crippen molar-refractivity contribution in [1.29, 1.82) is 0 Å². The smallest absolute Gasteiger partial charge is 0.258 e. The van der Waals surface area contributed by atoms with Gasteiger partial charge in [-0.05, 0) is 43.5 Å². The molecule has 1 heterocycles. The van der Waals surface area contributed by atoms with Gasteiger partial charge >= 0.3 is 0 Å². The van der Waals surface area contributed by atoms with Crippen molar-refractivity contribution in [3.05, 3.63) is 28.2 Å². The van der Waals surface area contributed by atoms with Crippen LogP contribution in [0.1, 0.15) is 18.4 Å². The molecule has 0 radical (unpaired) electrons. The van der Waals surface area contributed by atoms with Gasteiger partial charge in [-0.25, -0.2) is 0 Å². The first-order valence-electron chi connectivity index (χ1n) is 6.42. The monoisotopic (exact) mass is 327 g/mol. The molecule has 5 heteroatoms. The number of rotatable bonds is 5. The van der Waals surface area contributed by atoms with E-state index in [4.69, 9.17) is 9.47 Å². The second-order valence-electron chi connectivity index (χ2n) is 4.64. The molecule has 0 spiro atoms. The maximum absolute atomic E-state index is 11.7. The van der Waals surface area contributed by atoms with Crippen LogP contribution in [0.2, 0.25) is 0 Å². The molecule has 0 saturated carbocycles. The molecular weight excluding hydrogens is 310 g/mol. The second kappa shape index (κ2) is 6.91. The highest BCUT2D eigenvalue weighted by Gasteiger charge is 2.16. The summed E-state index contributed by atoms with van der Waals surface area (Å²) in [6, 6.07) is 5.71. The number of aryl methyl sites for hydroxylation is 1. The number of benzene rings is 1. The molecule has 0 unspecified atom stereocenters. The molecule has 4 nitrogen and oxygen atoms in total. The lowest BCUT2D eigenvalue weighted by atomic mass is 10.2. The summed E-state index contributed by atoms with van der Waals surface area (Å²) in [6.07, 6.45) is 2.26. The van der Waals surface area contributed by atoms with Gasteiger partial charge in [-0.1, -0.05) is 15.9 Å². The van der Waals surface area contributed by atoms with Crippen LogP contribution >= 0.6 is 15.9 Å². The summed E-state index contributed by atoms with van der Waals surface area (Å²) in [5.74, 6) is 0.619. The second-order valence-corrected chi connectivity index (χ2v) is 5.55. The first-order chi connectivity index (χ1) is 9.15. The Morgan fingerprint density at radius 3 is 3.11 bits per heavy atom. The maximum atomic E-state index is 11.7. The normalized spacial score (nSPS) is 18.3. The fourth-order valence-electron chi connectivity index (χ4n) is 2.00. The molecule has 1 atom stereocenters. The minimum absolute atomic E-state index is 0.0369. The SMILES string of the molecule is Cc1cc(Br)ccc1OCC(=O)NC[C@@H]1CCCO1. The third-order valence-electron chi connectivity index (χ3n) is 3.05. The van der Waals surface area contributed by atoms with Gasteiger partial charge in [-0.2, -0.15) is 0 Å². The van der Waals surface area contributed by atoms with Crippen LogP contribution in [0.3, 0.4) is 0 Å².